The fourth-order valence-electron chi connectivity index (χ4n) is 1.78. The molecule has 2 heterocycles. The second kappa shape index (κ2) is 5.25. The zero-order chi connectivity index (χ0) is 11.5. The van der Waals surface area contributed by atoms with Gasteiger partial charge in [-0.2, -0.15) is 0 Å². The Morgan fingerprint density at radius 3 is 2.69 bits per heavy atom. The molecule has 16 heavy (non-hydrogen) atoms. The SMILES string of the molecule is O=[S@@]1CCC[S@@](=O)C1[C@@H](O)Cc1ccco1. The van der Waals surface area contributed by atoms with Crippen LogP contribution in [-0.2, 0) is 28.0 Å². The third-order valence-corrected chi connectivity index (χ3v) is 6.85. The van der Waals surface area contributed by atoms with E-state index in [4.69, 9.17) is 4.42 Å². The predicted octanol–water partition coefficient (Wildman–Crippen LogP) is 0.410. The molecule has 1 aliphatic heterocycles. The zero-order valence-corrected chi connectivity index (χ0v) is 10.3. The van der Waals surface area contributed by atoms with E-state index in [9.17, 15) is 13.5 Å². The smallest absolute Gasteiger partial charge is 0.136 e. The van der Waals surface area contributed by atoms with Crippen LogP contribution in [0.5, 0.6) is 0 Å². The van der Waals surface area contributed by atoms with E-state index in [1.165, 1.54) is 6.26 Å². The molecule has 1 aliphatic rings. The Labute approximate surface area is 99.0 Å². The summed E-state index contributed by atoms with van der Waals surface area (Å²) < 4.78 is 27.9. The maximum atomic E-state index is 11.7. The van der Waals surface area contributed by atoms with E-state index in [1.54, 1.807) is 12.1 Å². The monoisotopic (exact) mass is 262 g/mol. The van der Waals surface area contributed by atoms with Crippen LogP contribution in [0.1, 0.15) is 12.2 Å². The first-order valence-electron chi connectivity index (χ1n) is 5.13. The molecule has 1 saturated heterocycles. The normalized spacial score (nSPS) is 29.1. The Kier molecular flexibility index (Phi) is 3.94. The van der Waals surface area contributed by atoms with Crippen molar-refractivity contribution in [1.29, 1.82) is 0 Å². The Balaban J connectivity index is 2.05. The molecule has 6 heteroatoms. The van der Waals surface area contributed by atoms with Crippen molar-refractivity contribution in [1.82, 2.24) is 0 Å². The Morgan fingerprint density at radius 2 is 2.12 bits per heavy atom. The molecule has 1 aromatic rings. The van der Waals surface area contributed by atoms with Gasteiger partial charge in [-0.1, -0.05) is 0 Å². The van der Waals surface area contributed by atoms with E-state index in [2.05, 4.69) is 0 Å². The molecule has 1 aromatic heterocycles. The minimum atomic E-state index is -1.19. The van der Waals surface area contributed by atoms with Gasteiger partial charge < -0.3 is 9.52 Å². The van der Waals surface area contributed by atoms with Gasteiger partial charge in [0.05, 0.1) is 12.4 Å². The predicted molar refractivity (Wildman–Crippen MR) is 62.8 cm³/mol. The summed E-state index contributed by atoms with van der Waals surface area (Å²) in [4.78, 5) is 0. The summed E-state index contributed by atoms with van der Waals surface area (Å²) in [5, 5.41) is 9.94. The topological polar surface area (TPSA) is 67.5 Å². The maximum Gasteiger partial charge on any atom is 0.136 e. The van der Waals surface area contributed by atoms with E-state index < -0.39 is 32.3 Å². The molecular formula is C10H14O4S2. The van der Waals surface area contributed by atoms with Crippen molar-refractivity contribution < 1.29 is 17.9 Å². The van der Waals surface area contributed by atoms with Crippen molar-refractivity contribution >= 4 is 21.6 Å². The van der Waals surface area contributed by atoms with Crippen LogP contribution in [0.4, 0.5) is 0 Å². The molecule has 0 aliphatic carbocycles. The van der Waals surface area contributed by atoms with Crippen molar-refractivity contribution in [2.24, 2.45) is 0 Å². The van der Waals surface area contributed by atoms with Crippen LogP contribution >= 0.6 is 0 Å². The van der Waals surface area contributed by atoms with Crippen LogP contribution in [0.15, 0.2) is 22.8 Å². The summed E-state index contributed by atoms with van der Waals surface area (Å²) >= 11 is 0. The van der Waals surface area contributed by atoms with Gasteiger partial charge in [0, 0.05) is 39.5 Å². The van der Waals surface area contributed by atoms with Crippen molar-refractivity contribution in [3.63, 3.8) is 0 Å². The highest BCUT2D eigenvalue weighted by Gasteiger charge is 2.34. The molecule has 0 saturated carbocycles. The number of rotatable bonds is 3. The number of hydrogen-bond acceptors (Lipinski definition) is 4. The van der Waals surface area contributed by atoms with Gasteiger partial charge in [-0.15, -0.1) is 0 Å². The average Bonchev–Trinajstić information content (AvgIpc) is 2.70. The highest BCUT2D eigenvalue weighted by Crippen LogP contribution is 2.19. The molecule has 1 N–H and O–H groups in total. The number of furan rings is 1. The average molecular weight is 262 g/mol. The van der Waals surface area contributed by atoms with Crippen molar-refractivity contribution in [3.05, 3.63) is 24.2 Å². The second-order valence-corrected chi connectivity index (χ2v) is 7.40. The highest BCUT2D eigenvalue weighted by atomic mass is 32.2. The second-order valence-electron chi connectivity index (χ2n) is 3.74. The van der Waals surface area contributed by atoms with Gasteiger partial charge >= 0.3 is 0 Å². The van der Waals surface area contributed by atoms with Gasteiger partial charge in [0.2, 0.25) is 0 Å². The molecule has 0 spiro atoms. The van der Waals surface area contributed by atoms with Crippen LogP contribution < -0.4 is 0 Å². The molecular weight excluding hydrogens is 248 g/mol. The Morgan fingerprint density at radius 1 is 1.44 bits per heavy atom. The first kappa shape index (κ1) is 12.0. The van der Waals surface area contributed by atoms with Crippen molar-refractivity contribution in [2.45, 2.75) is 23.5 Å². The van der Waals surface area contributed by atoms with Crippen LogP contribution in [0, 0.1) is 0 Å². The zero-order valence-electron chi connectivity index (χ0n) is 8.70. The Hall–Kier alpha value is -0.460. The molecule has 0 radical (unpaired) electrons. The lowest BCUT2D eigenvalue weighted by Crippen LogP contribution is -2.41. The summed E-state index contributed by atoms with van der Waals surface area (Å²) in [6.07, 6.45) is 1.66. The van der Waals surface area contributed by atoms with E-state index in [-0.39, 0.29) is 6.42 Å². The molecule has 90 valence electrons. The van der Waals surface area contributed by atoms with Gasteiger partial charge in [-0.25, -0.2) is 0 Å². The van der Waals surface area contributed by atoms with E-state index in [0.717, 1.165) is 0 Å². The van der Waals surface area contributed by atoms with E-state index >= 15 is 0 Å². The largest absolute Gasteiger partial charge is 0.469 e. The van der Waals surface area contributed by atoms with Gasteiger partial charge in [-0.05, 0) is 18.6 Å². The lowest BCUT2D eigenvalue weighted by atomic mass is 10.2. The molecule has 0 unspecified atom stereocenters. The minimum absolute atomic E-state index is 0.273. The third kappa shape index (κ3) is 2.61. The molecule has 3 atom stereocenters. The van der Waals surface area contributed by atoms with E-state index in [0.29, 0.717) is 23.7 Å². The molecule has 0 aromatic carbocycles. The third-order valence-electron chi connectivity index (χ3n) is 2.51. The number of hydrogen-bond donors (Lipinski definition) is 1. The van der Waals surface area contributed by atoms with Crippen LogP contribution in [0.3, 0.4) is 0 Å². The molecule has 2 rings (SSSR count). The molecule has 0 amide bonds. The standard InChI is InChI=1S/C10H14O4S2/c11-9(7-8-3-1-4-14-8)10-15(12)5-2-6-16(10)13/h1,3-4,9-11H,2,5-7H2/t9-,15+,16+/m0/s1. The van der Waals surface area contributed by atoms with Gasteiger partial charge in [0.15, 0.2) is 0 Å². The van der Waals surface area contributed by atoms with Gasteiger partial charge in [0.25, 0.3) is 0 Å². The fourth-order valence-corrected chi connectivity index (χ4v) is 5.71. The quantitative estimate of drug-likeness (QED) is 0.857. The minimum Gasteiger partial charge on any atom is -0.469 e. The lowest BCUT2D eigenvalue weighted by Gasteiger charge is -2.24. The van der Waals surface area contributed by atoms with Gasteiger partial charge in [0.1, 0.15) is 10.3 Å². The van der Waals surface area contributed by atoms with Gasteiger partial charge in [-0.3, -0.25) is 8.42 Å². The van der Waals surface area contributed by atoms with Crippen molar-refractivity contribution in [2.75, 3.05) is 11.5 Å². The summed E-state index contributed by atoms with van der Waals surface area (Å²) in [6, 6.07) is 3.48. The number of aliphatic hydroxyl groups is 1. The van der Waals surface area contributed by atoms with Crippen molar-refractivity contribution in [3.8, 4) is 0 Å². The highest BCUT2D eigenvalue weighted by molar-refractivity contribution is 8.03. The summed E-state index contributed by atoms with van der Waals surface area (Å²) in [7, 11) is -2.38. The molecule has 4 nitrogen and oxygen atoms in total. The van der Waals surface area contributed by atoms with Crippen LogP contribution in [-0.4, -0.2) is 35.7 Å². The summed E-state index contributed by atoms with van der Waals surface area (Å²) in [5.74, 6) is 1.70. The fraction of sp³-hybridized carbons (Fsp3) is 0.600. The van der Waals surface area contributed by atoms with Crippen LogP contribution in [0.25, 0.3) is 0 Å². The summed E-state index contributed by atoms with van der Waals surface area (Å²) in [6.45, 7) is 0. The number of aliphatic hydroxyl groups excluding tert-OH is 1. The molecule has 1 fully saturated rings. The molecule has 0 bridgehead atoms. The first-order chi connectivity index (χ1) is 7.68. The Bertz CT molecular complexity index is 372. The van der Waals surface area contributed by atoms with E-state index in [1.807, 2.05) is 0 Å². The first-order valence-corrected chi connectivity index (χ1v) is 7.89. The summed E-state index contributed by atoms with van der Waals surface area (Å²) in [5.41, 5.74) is 0. The maximum absolute atomic E-state index is 11.7. The lowest BCUT2D eigenvalue weighted by molar-refractivity contribution is 0.181. The van der Waals surface area contributed by atoms with Crippen LogP contribution in [0.2, 0.25) is 0 Å².